The molecule has 3 aromatic rings. The standard InChI is InChI=1S/C26H20BrClN2O4/c1-15-5-3-8-22(16(15)2)30-25(32)21(24(31)29-26(30)33)13-18-12-19(27)9-10-23(18)34-14-17-6-4-7-20(28)11-17/h3-13H,14H2,1-2H3,(H,29,31,33)/b21-13+. The summed E-state index contributed by atoms with van der Waals surface area (Å²) in [5.41, 5.74) is 3.31. The Morgan fingerprint density at radius 1 is 1.03 bits per heavy atom. The number of nitrogens with zero attached hydrogens (tertiary/aromatic N) is 1. The molecule has 1 N–H and O–H groups in total. The lowest BCUT2D eigenvalue weighted by Gasteiger charge is -2.28. The molecule has 1 saturated heterocycles. The van der Waals surface area contributed by atoms with Crippen molar-refractivity contribution >= 4 is 57.1 Å². The minimum Gasteiger partial charge on any atom is -0.488 e. The molecule has 172 valence electrons. The summed E-state index contributed by atoms with van der Waals surface area (Å²) in [5.74, 6) is -1.01. The highest BCUT2D eigenvalue weighted by Crippen LogP contribution is 2.30. The normalized spacial score (nSPS) is 15.0. The summed E-state index contributed by atoms with van der Waals surface area (Å²) in [6.07, 6.45) is 1.43. The second kappa shape index (κ2) is 9.83. The van der Waals surface area contributed by atoms with Crippen LogP contribution in [0.2, 0.25) is 5.02 Å². The van der Waals surface area contributed by atoms with Gasteiger partial charge in [-0.2, -0.15) is 0 Å². The van der Waals surface area contributed by atoms with Gasteiger partial charge in [0.15, 0.2) is 0 Å². The molecule has 0 saturated carbocycles. The number of imide groups is 2. The van der Waals surface area contributed by atoms with Gasteiger partial charge in [0.1, 0.15) is 17.9 Å². The maximum atomic E-state index is 13.3. The quantitative estimate of drug-likeness (QED) is 0.320. The molecule has 0 bridgehead atoms. The molecular formula is C26H20BrClN2O4. The van der Waals surface area contributed by atoms with Crippen LogP contribution in [-0.4, -0.2) is 17.8 Å². The average Bonchev–Trinajstić information content (AvgIpc) is 2.79. The highest BCUT2D eigenvalue weighted by Gasteiger charge is 2.37. The number of carbonyl (C=O) groups excluding carboxylic acids is 3. The Hall–Kier alpha value is -3.42. The molecular weight excluding hydrogens is 520 g/mol. The molecule has 1 heterocycles. The van der Waals surface area contributed by atoms with Crippen LogP contribution in [0.3, 0.4) is 0 Å². The zero-order valence-electron chi connectivity index (χ0n) is 18.4. The zero-order chi connectivity index (χ0) is 24.4. The predicted molar refractivity (Wildman–Crippen MR) is 135 cm³/mol. The molecule has 0 aromatic heterocycles. The van der Waals surface area contributed by atoms with Crippen molar-refractivity contribution in [3.8, 4) is 5.75 Å². The fraction of sp³-hybridized carbons (Fsp3) is 0.115. The maximum Gasteiger partial charge on any atom is 0.335 e. The number of aryl methyl sites for hydroxylation is 1. The Morgan fingerprint density at radius 3 is 2.56 bits per heavy atom. The van der Waals surface area contributed by atoms with Gasteiger partial charge in [-0.1, -0.05) is 51.8 Å². The van der Waals surface area contributed by atoms with Gasteiger partial charge in [-0.3, -0.25) is 14.9 Å². The van der Waals surface area contributed by atoms with Crippen molar-refractivity contribution in [3.63, 3.8) is 0 Å². The first kappa shape index (κ1) is 23.7. The van der Waals surface area contributed by atoms with E-state index in [-0.39, 0.29) is 12.2 Å². The van der Waals surface area contributed by atoms with Crippen molar-refractivity contribution in [1.29, 1.82) is 0 Å². The first-order chi connectivity index (χ1) is 16.2. The van der Waals surface area contributed by atoms with Crippen LogP contribution in [0.25, 0.3) is 6.08 Å². The zero-order valence-corrected chi connectivity index (χ0v) is 20.7. The third-order valence-corrected chi connectivity index (χ3v) is 6.20. The summed E-state index contributed by atoms with van der Waals surface area (Å²) in [4.78, 5) is 39.6. The van der Waals surface area contributed by atoms with E-state index in [0.717, 1.165) is 26.1 Å². The molecule has 8 heteroatoms. The van der Waals surface area contributed by atoms with Crippen LogP contribution in [-0.2, 0) is 16.2 Å². The summed E-state index contributed by atoms with van der Waals surface area (Å²) in [6.45, 7) is 3.95. The van der Waals surface area contributed by atoms with Crippen molar-refractivity contribution < 1.29 is 19.1 Å². The molecule has 0 spiro atoms. The van der Waals surface area contributed by atoms with Crippen molar-refractivity contribution in [2.24, 2.45) is 0 Å². The average molecular weight is 540 g/mol. The van der Waals surface area contributed by atoms with Crippen LogP contribution in [0.4, 0.5) is 10.5 Å². The first-order valence-electron chi connectivity index (χ1n) is 10.4. The lowest BCUT2D eigenvalue weighted by atomic mass is 10.0. The Kier molecular flexibility index (Phi) is 6.86. The molecule has 34 heavy (non-hydrogen) atoms. The minimum atomic E-state index is -0.785. The largest absolute Gasteiger partial charge is 0.488 e. The van der Waals surface area contributed by atoms with Gasteiger partial charge in [-0.15, -0.1) is 0 Å². The molecule has 0 radical (unpaired) electrons. The van der Waals surface area contributed by atoms with E-state index in [1.807, 2.05) is 32.0 Å². The first-order valence-corrected chi connectivity index (χ1v) is 11.6. The smallest absolute Gasteiger partial charge is 0.335 e. The molecule has 6 nitrogen and oxygen atoms in total. The Bertz CT molecular complexity index is 1350. The highest BCUT2D eigenvalue weighted by molar-refractivity contribution is 9.10. The van der Waals surface area contributed by atoms with Crippen LogP contribution >= 0.6 is 27.5 Å². The third kappa shape index (κ3) is 4.90. The van der Waals surface area contributed by atoms with E-state index in [1.54, 1.807) is 42.5 Å². The van der Waals surface area contributed by atoms with E-state index in [2.05, 4.69) is 21.2 Å². The Morgan fingerprint density at radius 2 is 1.79 bits per heavy atom. The molecule has 3 aromatic carbocycles. The molecule has 0 unspecified atom stereocenters. The van der Waals surface area contributed by atoms with Gasteiger partial charge in [0.05, 0.1) is 5.69 Å². The lowest BCUT2D eigenvalue weighted by Crippen LogP contribution is -2.54. The summed E-state index contributed by atoms with van der Waals surface area (Å²) in [5, 5.41) is 2.86. The van der Waals surface area contributed by atoms with E-state index < -0.39 is 17.8 Å². The van der Waals surface area contributed by atoms with Crippen LogP contribution in [0.1, 0.15) is 22.3 Å². The number of benzene rings is 3. The number of halogens is 2. The lowest BCUT2D eigenvalue weighted by molar-refractivity contribution is -0.122. The highest BCUT2D eigenvalue weighted by atomic mass is 79.9. The van der Waals surface area contributed by atoms with Crippen molar-refractivity contribution in [1.82, 2.24) is 5.32 Å². The van der Waals surface area contributed by atoms with E-state index in [1.165, 1.54) is 6.08 Å². The summed E-state index contributed by atoms with van der Waals surface area (Å²) in [6, 6.07) is 17.1. The van der Waals surface area contributed by atoms with Crippen LogP contribution in [0.15, 0.2) is 70.7 Å². The van der Waals surface area contributed by atoms with Gasteiger partial charge < -0.3 is 4.74 Å². The van der Waals surface area contributed by atoms with Crippen LogP contribution < -0.4 is 15.0 Å². The number of anilines is 1. The van der Waals surface area contributed by atoms with Crippen molar-refractivity contribution in [2.45, 2.75) is 20.5 Å². The van der Waals surface area contributed by atoms with Crippen molar-refractivity contribution in [3.05, 3.63) is 98.0 Å². The fourth-order valence-corrected chi connectivity index (χ4v) is 4.15. The molecule has 1 aliphatic heterocycles. The number of carbonyl (C=O) groups is 3. The van der Waals surface area contributed by atoms with E-state index >= 15 is 0 Å². The molecule has 4 amide bonds. The number of urea groups is 1. The van der Waals surface area contributed by atoms with Gasteiger partial charge >= 0.3 is 6.03 Å². The maximum absolute atomic E-state index is 13.3. The van der Waals surface area contributed by atoms with Gasteiger partial charge in [0.25, 0.3) is 11.8 Å². The Balaban J connectivity index is 1.70. The second-order valence-electron chi connectivity index (χ2n) is 7.78. The molecule has 0 atom stereocenters. The van der Waals surface area contributed by atoms with Crippen LogP contribution in [0.5, 0.6) is 5.75 Å². The number of ether oxygens (including phenoxy) is 1. The summed E-state index contributed by atoms with van der Waals surface area (Å²) < 4.78 is 6.70. The minimum absolute atomic E-state index is 0.175. The molecule has 1 fully saturated rings. The third-order valence-electron chi connectivity index (χ3n) is 5.47. The number of nitrogens with one attached hydrogen (secondary N) is 1. The monoisotopic (exact) mass is 538 g/mol. The second-order valence-corrected chi connectivity index (χ2v) is 9.13. The SMILES string of the molecule is Cc1cccc(N2C(=O)NC(=O)/C(=C\c3cc(Br)ccc3OCc3cccc(Cl)c3)C2=O)c1C. The summed E-state index contributed by atoms with van der Waals surface area (Å²) >= 11 is 9.47. The number of amides is 4. The number of rotatable bonds is 5. The Labute approximate surface area is 210 Å². The van der Waals surface area contributed by atoms with Crippen LogP contribution in [0, 0.1) is 13.8 Å². The van der Waals surface area contributed by atoms with E-state index in [9.17, 15) is 14.4 Å². The topological polar surface area (TPSA) is 75.7 Å². The van der Waals surface area contributed by atoms with E-state index in [0.29, 0.717) is 22.0 Å². The fourth-order valence-electron chi connectivity index (χ4n) is 3.56. The van der Waals surface area contributed by atoms with E-state index in [4.69, 9.17) is 16.3 Å². The van der Waals surface area contributed by atoms with Crippen molar-refractivity contribution in [2.75, 3.05) is 4.90 Å². The van der Waals surface area contributed by atoms with Gasteiger partial charge in [-0.05, 0) is 73.0 Å². The van der Waals surface area contributed by atoms with Gasteiger partial charge in [0.2, 0.25) is 0 Å². The molecule has 4 rings (SSSR count). The number of hydrogen-bond donors (Lipinski definition) is 1. The number of hydrogen-bond acceptors (Lipinski definition) is 4. The molecule has 1 aliphatic rings. The number of barbiturate groups is 1. The molecule has 0 aliphatic carbocycles. The van der Waals surface area contributed by atoms with Gasteiger partial charge in [0, 0.05) is 15.1 Å². The predicted octanol–water partition coefficient (Wildman–Crippen LogP) is 5.96. The van der Waals surface area contributed by atoms with Gasteiger partial charge in [-0.25, -0.2) is 9.69 Å². The summed E-state index contributed by atoms with van der Waals surface area (Å²) in [7, 11) is 0.